The minimum Gasteiger partial charge on any atom is -0.477 e. The van der Waals surface area contributed by atoms with Crippen LogP contribution in [0.2, 0.25) is 0 Å². The number of aromatic carboxylic acids is 1. The number of hydrogen-bond donors (Lipinski definition) is 1. The maximum absolute atomic E-state index is 13.2. The monoisotopic (exact) mass is 343 g/mol. The second-order valence-electron chi connectivity index (χ2n) is 5.34. The number of nitrogens with zero attached hydrogens (tertiary/aromatic N) is 1. The quantitative estimate of drug-likeness (QED) is 0.717. The first-order valence-corrected chi connectivity index (χ1v) is 7.33. The smallest absolute Gasteiger partial charge is 0.417 e. The van der Waals surface area contributed by atoms with E-state index >= 15 is 0 Å². The largest absolute Gasteiger partial charge is 0.477 e. The Morgan fingerprint density at radius 2 is 1.56 bits per heavy atom. The standard InChI is InChI=1S/C19H12F3NO2/c20-19(21,22)15-8-2-1-7-14(15)12-5-3-6-13(11-12)16-9-4-10-17(23-16)18(24)25/h1-11H,(H,24,25). The number of benzene rings is 2. The van der Waals surface area contributed by atoms with E-state index in [2.05, 4.69) is 4.98 Å². The van der Waals surface area contributed by atoms with E-state index in [1.165, 1.54) is 18.2 Å². The van der Waals surface area contributed by atoms with Crippen molar-refractivity contribution in [1.82, 2.24) is 4.98 Å². The maximum atomic E-state index is 13.2. The lowest BCUT2D eigenvalue weighted by atomic mass is 9.97. The Labute approximate surface area is 141 Å². The summed E-state index contributed by atoms with van der Waals surface area (Å²) in [5.41, 5.74) is 0.515. The van der Waals surface area contributed by atoms with Crippen LogP contribution in [0.4, 0.5) is 13.2 Å². The van der Waals surface area contributed by atoms with Crippen molar-refractivity contribution in [3.05, 3.63) is 78.0 Å². The number of carbonyl (C=O) groups is 1. The van der Waals surface area contributed by atoms with E-state index in [4.69, 9.17) is 5.11 Å². The second-order valence-corrected chi connectivity index (χ2v) is 5.34. The van der Waals surface area contributed by atoms with E-state index in [0.29, 0.717) is 16.8 Å². The Bertz CT molecular complexity index is 936. The Hall–Kier alpha value is -3.15. The summed E-state index contributed by atoms with van der Waals surface area (Å²) in [5.74, 6) is -1.17. The van der Waals surface area contributed by atoms with Gasteiger partial charge in [0.1, 0.15) is 5.69 Å². The molecule has 0 aliphatic heterocycles. The number of alkyl halides is 3. The molecule has 0 saturated heterocycles. The van der Waals surface area contributed by atoms with Crippen molar-refractivity contribution in [3.63, 3.8) is 0 Å². The molecule has 25 heavy (non-hydrogen) atoms. The Balaban J connectivity index is 2.10. The van der Waals surface area contributed by atoms with E-state index in [9.17, 15) is 18.0 Å². The fourth-order valence-electron chi connectivity index (χ4n) is 2.54. The van der Waals surface area contributed by atoms with Crippen molar-refractivity contribution in [3.8, 4) is 22.4 Å². The van der Waals surface area contributed by atoms with Gasteiger partial charge in [0.2, 0.25) is 0 Å². The topological polar surface area (TPSA) is 50.2 Å². The third-order valence-corrected chi connectivity index (χ3v) is 3.67. The van der Waals surface area contributed by atoms with Gasteiger partial charge in [0.05, 0.1) is 11.3 Å². The van der Waals surface area contributed by atoms with Crippen LogP contribution in [0.5, 0.6) is 0 Å². The molecule has 1 aromatic heterocycles. The van der Waals surface area contributed by atoms with Crippen LogP contribution in [0.15, 0.2) is 66.7 Å². The number of pyridine rings is 1. The highest BCUT2D eigenvalue weighted by atomic mass is 19.4. The molecule has 0 amide bonds. The molecule has 1 N–H and O–H groups in total. The van der Waals surface area contributed by atoms with Crippen LogP contribution in [0.25, 0.3) is 22.4 Å². The Kier molecular flexibility index (Phi) is 4.27. The predicted molar refractivity (Wildman–Crippen MR) is 87.1 cm³/mol. The van der Waals surface area contributed by atoms with Gasteiger partial charge in [-0.15, -0.1) is 0 Å². The molecule has 0 radical (unpaired) electrons. The molecule has 0 aliphatic rings. The molecule has 3 rings (SSSR count). The minimum atomic E-state index is -4.46. The molecule has 0 unspecified atom stereocenters. The zero-order chi connectivity index (χ0) is 18.0. The fraction of sp³-hybridized carbons (Fsp3) is 0.0526. The molecule has 0 aliphatic carbocycles. The normalized spacial score (nSPS) is 11.3. The summed E-state index contributed by atoms with van der Waals surface area (Å²) in [6, 6.07) is 16.3. The van der Waals surface area contributed by atoms with Gasteiger partial charge in [-0.3, -0.25) is 0 Å². The SMILES string of the molecule is O=C(O)c1cccc(-c2cccc(-c3ccccc3C(F)(F)F)c2)n1. The van der Waals surface area contributed by atoms with Crippen LogP contribution in [-0.4, -0.2) is 16.1 Å². The number of carboxylic acid groups (broad SMARTS) is 1. The Morgan fingerprint density at radius 1 is 0.880 bits per heavy atom. The van der Waals surface area contributed by atoms with Crippen LogP contribution in [-0.2, 0) is 6.18 Å². The third kappa shape index (κ3) is 3.52. The molecule has 0 saturated carbocycles. The van der Waals surface area contributed by atoms with Gasteiger partial charge < -0.3 is 5.11 Å². The number of rotatable bonds is 3. The molecule has 126 valence electrons. The molecule has 0 fully saturated rings. The number of halogens is 3. The summed E-state index contributed by atoms with van der Waals surface area (Å²) in [5, 5.41) is 9.03. The van der Waals surface area contributed by atoms with Gasteiger partial charge in [-0.25, -0.2) is 9.78 Å². The first-order valence-electron chi connectivity index (χ1n) is 7.33. The van der Waals surface area contributed by atoms with Crippen molar-refractivity contribution in [2.45, 2.75) is 6.18 Å². The van der Waals surface area contributed by atoms with Crippen LogP contribution in [0.1, 0.15) is 16.1 Å². The van der Waals surface area contributed by atoms with E-state index in [0.717, 1.165) is 6.07 Å². The first kappa shape index (κ1) is 16.7. The summed E-state index contributed by atoms with van der Waals surface area (Å²) in [4.78, 5) is 15.1. The van der Waals surface area contributed by atoms with Crippen molar-refractivity contribution in [2.24, 2.45) is 0 Å². The van der Waals surface area contributed by atoms with Crippen LogP contribution in [0.3, 0.4) is 0 Å². The lowest BCUT2D eigenvalue weighted by Crippen LogP contribution is -2.06. The molecule has 0 atom stereocenters. The highest BCUT2D eigenvalue weighted by molar-refractivity contribution is 5.86. The summed E-state index contributed by atoms with van der Waals surface area (Å²) in [6.07, 6.45) is -4.46. The fourth-order valence-corrected chi connectivity index (χ4v) is 2.54. The van der Waals surface area contributed by atoms with Gasteiger partial charge in [-0.2, -0.15) is 13.2 Å². The van der Waals surface area contributed by atoms with Crippen molar-refractivity contribution >= 4 is 5.97 Å². The number of carboxylic acids is 1. The van der Waals surface area contributed by atoms with Gasteiger partial charge in [0.15, 0.2) is 0 Å². The predicted octanol–water partition coefficient (Wildman–Crippen LogP) is 5.13. The molecule has 2 aromatic carbocycles. The maximum Gasteiger partial charge on any atom is 0.417 e. The highest BCUT2D eigenvalue weighted by Crippen LogP contribution is 2.37. The van der Waals surface area contributed by atoms with Crippen LogP contribution >= 0.6 is 0 Å². The molecule has 0 spiro atoms. The molecule has 1 heterocycles. The Morgan fingerprint density at radius 3 is 2.28 bits per heavy atom. The average Bonchev–Trinajstić information content (AvgIpc) is 2.61. The lowest BCUT2D eigenvalue weighted by Gasteiger charge is -2.13. The van der Waals surface area contributed by atoms with Crippen LogP contribution in [0, 0.1) is 0 Å². The van der Waals surface area contributed by atoms with Gasteiger partial charge in [0.25, 0.3) is 0 Å². The first-order chi connectivity index (χ1) is 11.9. The zero-order valence-corrected chi connectivity index (χ0v) is 12.8. The van der Waals surface area contributed by atoms with Gasteiger partial charge in [-0.05, 0) is 35.4 Å². The molecule has 3 aromatic rings. The van der Waals surface area contributed by atoms with E-state index < -0.39 is 17.7 Å². The second kappa shape index (κ2) is 6.39. The number of hydrogen-bond acceptors (Lipinski definition) is 2. The summed E-state index contributed by atoms with van der Waals surface area (Å²) in [7, 11) is 0. The summed E-state index contributed by atoms with van der Waals surface area (Å²) < 4.78 is 39.7. The summed E-state index contributed by atoms with van der Waals surface area (Å²) in [6.45, 7) is 0. The zero-order valence-electron chi connectivity index (χ0n) is 12.8. The molecule has 0 bridgehead atoms. The molecular weight excluding hydrogens is 331 g/mol. The van der Waals surface area contributed by atoms with E-state index in [1.54, 1.807) is 42.5 Å². The van der Waals surface area contributed by atoms with Crippen molar-refractivity contribution in [2.75, 3.05) is 0 Å². The molecular formula is C19H12F3NO2. The lowest BCUT2D eigenvalue weighted by molar-refractivity contribution is -0.137. The average molecular weight is 343 g/mol. The third-order valence-electron chi connectivity index (χ3n) is 3.67. The molecule has 3 nitrogen and oxygen atoms in total. The minimum absolute atomic E-state index is 0.0613. The van der Waals surface area contributed by atoms with Gasteiger partial charge in [0, 0.05) is 5.56 Å². The van der Waals surface area contributed by atoms with E-state index in [-0.39, 0.29) is 11.3 Å². The summed E-state index contributed by atoms with van der Waals surface area (Å²) >= 11 is 0. The number of aromatic nitrogens is 1. The van der Waals surface area contributed by atoms with E-state index in [1.807, 2.05) is 0 Å². The van der Waals surface area contributed by atoms with Gasteiger partial charge in [-0.1, -0.05) is 42.5 Å². The van der Waals surface area contributed by atoms with Crippen LogP contribution < -0.4 is 0 Å². The highest BCUT2D eigenvalue weighted by Gasteiger charge is 2.33. The van der Waals surface area contributed by atoms with Crippen molar-refractivity contribution in [1.29, 1.82) is 0 Å². The van der Waals surface area contributed by atoms with Gasteiger partial charge >= 0.3 is 12.1 Å². The van der Waals surface area contributed by atoms with Crippen molar-refractivity contribution < 1.29 is 23.1 Å². The molecule has 6 heteroatoms.